The lowest BCUT2D eigenvalue weighted by Gasteiger charge is -2.17. The van der Waals surface area contributed by atoms with Crippen molar-refractivity contribution in [2.24, 2.45) is 5.92 Å². The van der Waals surface area contributed by atoms with Crippen molar-refractivity contribution in [1.82, 2.24) is 5.32 Å². The highest BCUT2D eigenvalue weighted by Crippen LogP contribution is 2.26. The fraction of sp³-hybridized carbons (Fsp3) is 0.588. The minimum Gasteiger partial charge on any atom is -0.491 e. The molecule has 0 radical (unpaired) electrons. The number of carbonyl (C=O) groups is 1. The fourth-order valence-corrected chi connectivity index (χ4v) is 2.73. The van der Waals surface area contributed by atoms with E-state index in [1.807, 2.05) is 39.0 Å². The van der Waals surface area contributed by atoms with Crippen molar-refractivity contribution in [2.75, 3.05) is 0 Å². The van der Waals surface area contributed by atoms with Gasteiger partial charge in [0.25, 0.3) is 0 Å². The molecule has 1 aromatic carbocycles. The highest BCUT2D eigenvalue weighted by Gasteiger charge is 2.31. The Morgan fingerprint density at radius 2 is 2.19 bits per heavy atom. The molecular weight excluding hydrogens is 266 g/mol. The van der Waals surface area contributed by atoms with E-state index in [0.29, 0.717) is 6.54 Å². The molecule has 0 aliphatic heterocycles. The third-order valence-corrected chi connectivity index (χ3v) is 3.85. The summed E-state index contributed by atoms with van der Waals surface area (Å²) in [6.45, 7) is 6.42. The summed E-state index contributed by atoms with van der Waals surface area (Å²) in [5, 5.41) is 12.7. The van der Waals surface area contributed by atoms with E-state index < -0.39 is 6.10 Å². The first-order chi connectivity index (χ1) is 9.97. The molecule has 0 heterocycles. The zero-order valence-corrected chi connectivity index (χ0v) is 13.1. The van der Waals surface area contributed by atoms with E-state index in [0.717, 1.165) is 36.1 Å². The quantitative estimate of drug-likeness (QED) is 0.876. The van der Waals surface area contributed by atoms with E-state index >= 15 is 0 Å². The van der Waals surface area contributed by atoms with E-state index in [9.17, 15) is 9.90 Å². The normalized spacial score (nSPS) is 21.6. The van der Waals surface area contributed by atoms with Gasteiger partial charge >= 0.3 is 0 Å². The van der Waals surface area contributed by atoms with Crippen LogP contribution in [-0.4, -0.2) is 23.2 Å². The topological polar surface area (TPSA) is 58.6 Å². The lowest BCUT2D eigenvalue weighted by Crippen LogP contribution is -2.34. The molecule has 116 valence electrons. The maximum absolute atomic E-state index is 12.1. The Balaban J connectivity index is 2.00. The summed E-state index contributed by atoms with van der Waals surface area (Å²) in [5.74, 6) is 0.498. The Hall–Kier alpha value is -1.55. The van der Waals surface area contributed by atoms with Gasteiger partial charge in [-0.15, -0.1) is 0 Å². The van der Waals surface area contributed by atoms with Crippen LogP contribution in [0.3, 0.4) is 0 Å². The molecule has 0 bridgehead atoms. The number of hydrogen-bond acceptors (Lipinski definition) is 3. The Labute approximate surface area is 126 Å². The van der Waals surface area contributed by atoms with Crippen LogP contribution in [0.5, 0.6) is 5.75 Å². The van der Waals surface area contributed by atoms with E-state index in [1.165, 1.54) is 0 Å². The number of amides is 1. The Morgan fingerprint density at radius 1 is 1.43 bits per heavy atom. The summed E-state index contributed by atoms with van der Waals surface area (Å²) < 4.78 is 5.80. The molecule has 1 aliphatic carbocycles. The van der Waals surface area contributed by atoms with Gasteiger partial charge in [0.1, 0.15) is 5.75 Å². The number of aliphatic hydroxyl groups excluding tert-OH is 1. The number of aryl methyl sites for hydroxylation is 1. The molecule has 2 atom stereocenters. The Bertz CT molecular complexity index is 499. The van der Waals surface area contributed by atoms with Gasteiger partial charge in [-0.25, -0.2) is 0 Å². The number of rotatable bonds is 5. The van der Waals surface area contributed by atoms with Crippen molar-refractivity contribution in [1.29, 1.82) is 0 Å². The molecule has 1 amide bonds. The molecule has 1 fully saturated rings. The molecule has 1 aliphatic rings. The summed E-state index contributed by atoms with van der Waals surface area (Å²) in [6.07, 6.45) is 2.03. The van der Waals surface area contributed by atoms with Crippen LogP contribution in [0.15, 0.2) is 18.2 Å². The second-order valence-electron chi connectivity index (χ2n) is 6.10. The first-order valence-electron chi connectivity index (χ1n) is 7.69. The van der Waals surface area contributed by atoms with Gasteiger partial charge in [0.05, 0.1) is 18.1 Å². The van der Waals surface area contributed by atoms with Crippen molar-refractivity contribution in [3.63, 3.8) is 0 Å². The minimum absolute atomic E-state index is 0.0592. The summed E-state index contributed by atoms with van der Waals surface area (Å²) in [6, 6.07) is 5.99. The molecule has 4 nitrogen and oxygen atoms in total. The van der Waals surface area contributed by atoms with Gasteiger partial charge in [-0.1, -0.05) is 12.1 Å². The van der Waals surface area contributed by atoms with Crippen molar-refractivity contribution in [3.05, 3.63) is 29.3 Å². The van der Waals surface area contributed by atoms with Gasteiger partial charge in [-0.05, 0) is 51.7 Å². The molecule has 0 spiro atoms. The largest absolute Gasteiger partial charge is 0.491 e. The molecule has 1 saturated carbocycles. The van der Waals surface area contributed by atoms with E-state index in [1.54, 1.807) is 0 Å². The van der Waals surface area contributed by atoms with Crippen molar-refractivity contribution >= 4 is 5.91 Å². The van der Waals surface area contributed by atoms with Gasteiger partial charge in [0.15, 0.2) is 0 Å². The molecule has 2 rings (SSSR count). The van der Waals surface area contributed by atoms with Crippen LogP contribution in [0.2, 0.25) is 0 Å². The number of nitrogens with one attached hydrogen (secondary N) is 1. The third kappa shape index (κ3) is 4.21. The summed E-state index contributed by atoms with van der Waals surface area (Å²) >= 11 is 0. The van der Waals surface area contributed by atoms with E-state index in [4.69, 9.17) is 4.74 Å². The van der Waals surface area contributed by atoms with Gasteiger partial charge in [-0.2, -0.15) is 0 Å². The van der Waals surface area contributed by atoms with Crippen LogP contribution < -0.4 is 10.1 Å². The first kappa shape index (κ1) is 15.8. The molecule has 2 N–H and O–H groups in total. The van der Waals surface area contributed by atoms with Crippen LogP contribution in [0, 0.1) is 12.8 Å². The number of aliphatic hydroxyl groups is 1. The van der Waals surface area contributed by atoms with Gasteiger partial charge < -0.3 is 15.2 Å². The predicted octanol–water partition coefficient (Wildman–Crippen LogP) is 2.56. The van der Waals surface area contributed by atoms with Crippen LogP contribution >= 0.6 is 0 Å². The lowest BCUT2D eigenvalue weighted by molar-refractivity contribution is -0.127. The van der Waals surface area contributed by atoms with Crippen LogP contribution in [-0.2, 0) is 11.3 Å². The molecule has 0 aromatic heterocycles. The number of hydrogen-bond donors (Lipinski definition) is 2. The van der Waals surface area contributed by atoms with Crippen molar-refractivity contribution < 1.29 is 14.6 Å². The third-order valence-electron chi connectivity index (χ3n) is 3.85. The first-order valence-corrected chi connectivity index (χ1v) is 7.69. The molecular formula is C17H25NO3. The summed E-state index contributed by atoms with van der Waals surface area (Å²) in [4.78, 5) is 12.1. The van der Waals surface area contributed by atoms with Crippen LogP contribution in [0.1, 0.15) is 44.2 Å². The van der Waals surface area contributed by atoms with Gasteiger partial charge in [-0.3, -0.25) is 4.79 Å². The van der Waals surface area contributed by atoms with Crippen LogP contribution in [0.25, 0.3) is 0 Å². The maximum Gasteiger partial charge on any atom is 0.225 e. The highest BCUT2D eigenvalue weighted by atomic mass is 16.5. The van der Waals surface area contributed by atoms with Crippen LogP contribution in [0.4, 0.5) is 0 Å². The standard InChI is InChI=1S/C17H25NO3/c1-11(2)21-16-9-12(3)7-8-13(16)10-18-17(20)14-5-4-6-15(14)19/h7-9,11,14-15,19H,4-6,10H2,1-3H3,(H,18,20). The minimum atomic E-state index is -0.491. The zero-order chi connectivity index (χ0) is 15.4. The second kappa shape index (κ2) is 6.94. The fourth-order valence-electron chi connectivity index (χ4n) is 2.73. The van der Waals surface area contributed by atoms with E-state index in [-0.39, 0.29) is 17.9 Å². The molecule has 4 heteroatoms. The number of carbonyl (C=O) groups excluding carboxylic acids is 1. The zero-order valence-electron chi connectivity index (χ0n) is 13.1. The molecule has 1 aromatic rings. The number of ether oxygens (including phenoxy) is 1. The summed E-state index contributed by atoms with van der Waals surface area (Å²) in [5.41, 5.74) is 2.10. The van der Waals surface area contributed by atoms with Crippen molar-refractivity contribution in [3.8, 4) is 5.75 Å². The Kier molecular flexibility index (Phi) is 5.23. The number of benzene rings is 1. The average Bonchev–Trinajstić information content (AvgIpc) is 2.83. The molecule has 21 heavy (non-hydrogen) atoms. The average molecular weight is 291 g/mol. The van der Waals surface area contributed by atoms with E-state index in [2.05, 4.69) is 5.32 Å². The van der Waals surface area contributed by atoms with Gasteiger partial charge in [0.2, 0.25) is 5.91 Å². The predicted molar refractivity (Wildman–Crippen MR) is 82.1 cm³/mol. The van der Waals surface area contributed by atoms with Crippen molar-refractivity contribution in [2.45, 2.75) is 58.8 Å². The maximum atomic E-state index is 12.1. The molecule has 2 unspecified atom stereocenters. The molecule has 0 saturated heterocycles. The Morgan fingerprint density at radius 3 is 2.81 bits per heavy atom. The van der Waals surface area contributed by atoms with Gasteiger partial charge in [0, 0.05) is 12.1 Å². The monoisotopic (exact) mass is 291 g/mol. The second-order valence-corrected chi connectivity index (χ2v) is 6.10. The lowest BCUT2D eigenvalue weighted by atomic mass is 10.0. The smallest absolute Gasteiger partial charge is 0.225 e. The SMILES string of the molecule is Cc1ccc(CNC(=O)C2CCCC2O)c(OC(C)C)c1. The summed E-state index contributed by atoms with van der Waals surface area (Å²) in [7, 11) is 0. The highest BCUT2D eigenvalue weighted by molar-refractivity contribution is 5.79.